The van der Waals surface area contributed by atoms with Crippen molar-refractivity contribution >= 4 is 5.97 Å². The average Bonchev–Trinajstić information content (AvgIpc) is 2.15. The van der Waals surface area contributed by atoms with Crippen molar-refractivity contribution in [3.63, 3.8) is 0 Å². The molecule has 0 atom stereocenters. The number of hydrogen-bond acceptors (Lipinski definition) is 2. The Balaban J connectivity index is 2.28. The van der Waals surface area contributed by atoms with Gasteiger partial charge in [0.2, 0.25) is 0 Å². The van der Waals surface area contributed by atoms with Gasteiger partial charge in [-0.25, -0.2) is 4.79 Å². The van der Waals surface area contributed by atoms with Crippen LogP contribution in [0.25, 0.3) is 0 Å². The SMILES string of the molecule is CCC1CCN(C=CC(=O)O)CC1. The molecule has 0 unspecified atom stereocenters. The van der Waals surface area contributed by atoms with Crippen LogP contribution >= 0.6 is 0 Å². The third-order valence-corrected chi connectivity index (χ3v) is 2.65. The summed E-state index contributed by atoms with van der Waals surface area (Å²) in [5.41, 5.74) is 0. The third kappa shape index (κ3) is 3.49. The molecule has 0 radical (unpaired) electrons. The average molecular weight is 183 g/mol. The number of carbonyl (C=O) groups is 1. The normalized spacial score (nSPS) is 19.6. The van der Waals surface area contributed by atoms with Gasteiger partial charge in [-0.3, -0.25) is 0 Å². The second-order valence-corrected chi connectivity index (χ2v) is 3.54. The Bertz CT molecular complexity index is 193. The van der Waals surface area contributed by atoms with E-state index in [0.29, 0.717) is 0 Å². The first-order valence-corrected chi connectivity index (χ1v) is 4.87. The van der Waals surface area contributed by atoms with Crippen LogP contribution in [0.4, 0.5) is 0 Å². The number of hydrogen-bond donors (Lipinski definition) is 1. The molecule has 74 valence electrons. The Kier molecular flexibility index (Phi) is 3.80. The summed E-state index contributed by atoms with van der Waals surface area (Å²) < 4.78 is 0. The van der Waals surface area contributed by atoms with Crippen LogP contribution in [0.3, 0.4) is 0 Å². The fourth-order valence-electron chi connectivity index (χ4n) is 1.68. The van der Waals surface area contributed by atoms with E-state index < -0.39 is 5.97 Å². The molecule has 13 heavy (non-hydrogen) atoms. The minimum absolute atomic E-state index is 0.842. The molecule has 0 bridgehead atoms. The summed E-state index contributed by atoms with van der Waals surface area (Å²) in [4.78, 5) is 12.3. The second kappa shape index (κ2) is 4.90. The fraction of sp³-hybridized carbons (Fsp3) is 0.700. The van der Waals surface area contributed by atoms with Gasteiger partial charge in [-0.15, -0.1) is 0 Å². The van der Waals surface area contributed by atoms with E-state index in [4.69, 9.17) is 5.11 Å². The summed E-state index contributed by atoms with van der Waals surface area (Å²) in [5.74, 6) is -0.0212. The van der Waals surface area contributed by atoms with Gasteiger partial charge in [0, 0.05) is 25.4 Å². The molecule has 1 rings (SSSR count). The maximum absolute atomic E-state index is 10.2. The highest BCUT2D eigenvalue weighted by Gasteiger charge is 2.14. The Morgan fingerprint density at radius 3 is 2.62 bits per heavy atom. The summed E-state index contributed by atoms with van der Waals surface area (Å²) in [7, 11) is 0. The summed E-state index contributed by atoms with van der Waals surface area (Å²) in [6, 6.07) is 0. The smallest absolute Gasteiger partial charge is 0.329 e. The Morgan fingerprint density at radius 2 is 2.15 bits per heavy atom. The maximum Gasteiger partial charge on any atom is 0.329 e. The molecule has 0 aromatic heterocycles. The first-order chi connectivity index (χ1) is 6.22. The fourth-order valence-corrected chi connectivity index (χ4v) is 1.68. The number of likely N-dealkylation sites (tertiary alicyclic amines) is 1. The number of aliphatic carboxylic acids is 1. The Morgan fingerprint density at radius 1 is 1.54 bits per heavy atom. The van der Waals surface area contributed by atoms with E-state index in [9.17, 15) is 4.79 Å². The van der Waals surface area contributed by atoms with E-state index in [-0.39, 0.29) is 0 Å². The number of nitrogens with zero attached hydrogens (tertiary/aromatic N) is 1. The summed E-state index contributed by atoms with van der Waals surface area (Å²) in [6.45, 7) is 4.22. The van der Waals surface area contributed by atoms with Crippen LogP contribution in [0.1, 0.15) is 26.2 Å². The molecule has 0 aliphatic carbocycles. The number of rotatable bonds is 3. The maximum atomic E-state index is 10.2. The molecular formula is C10H17NO2. The largest absolute Gasteiger partial charge is 0.478 e. The quantitative estimate of drug-likeness (QED) is 0.677. The van der Waals surface area contributed by atoms with Crippen molar-refractivity contribution in [2.45, 2.75) is 26.2 Å². The monoisotopic (exact) mass is 183 g/mol. The van der Waals surface area contributed by atoms with Crippen LogP contribution in [0.15, 0.2) is 12.3 Å². The molecule has 0 spiro atoms. The van der Waals surface area contributed by atoms with Crippen LogP contribution in [0.5, 0.6) is 0 Å². The first-order valence-electron chi connectivity index (χ1n) is 4.87. The van der Waals surface area contributed by atoms with Gasteiger partial charge < -0.3 is 10.0 Å². The lowest BCUT2D eigenvalue weighted by atomic mass is 9.95. The van der Waals surface area contributed by atoms with E-state index in [1.54, 1.807) is 6.20 Å². The molecule has 1 aliphatic heterocycles. The van der Waals surface area contributed by atoms with Crippen LogP contribution in [-0.4, -0.2) is 29.1 Å². The summed E-state index contributed by atoms with van der Waals surface area (Å²) in [6.07, 6.45) is 6.54. The minimum Gasteiger partial charge on any atom is -0.478 e. The molecule has 1 N–H and O–H groups in total. The van der Waals surface area contributed by atoms with Crippen molar-refractivity contribution in [3.8, 4) is 0 Å². The third-order valence-electron chi connectivity index (χ3n) is 2.65. The van der Waals surface area contributed by atoms with Gasteiger partial charge in [0.1, 0.15) is 0 Å². The predicted octanol–water partition coefficient (Wildman–Crippen LogP) is 1.71. The van der Waals surface area contributed by atoms with Gasteiger partial charge in [0.15, 0.2) is 0 Å². The molecule has 1 heterocycles. The topological polar surface area (TPSA) is 40.5 Å². The minimum atomic E-state index is -0.863. The van der Waals surface area contributed by atoms with Gasteiger partial charge in [-0.2, -0.15) is 0 Å². The van der Waals surface area contributed by atoms with Crippen molar-refractivity contribution < 1.29 is 9.90 Å². The number of carboxylic acids is 1. The predicted molar refractivity (Wildman–Crippen MR) is 51.4 cm³/mol. The highest BCUT2D eigenvalue weighted by Crippen LogP contribution is 2.19. The molecule has 1 fully saturated rings. The van der Waals surface area contributed by atoms with Crippen molar-refractivity contribution in [1.29, 1.82) is 0 Å². The molecule has 3 nitrogen and oxygen atoms in total. The Hall–Kier alpha value is -0.990. The zero-order chi connectivity index (χ0) is 9.68. The van der Waals surface area contributed by atoms with Crippen LogP contribution in [0, 0.1) is 5.92 Å². The van der Waals surface area contributed by atoms with Crippen LogP contribution in [-0.2, 0) is 4.79 Å². The molecule has 1 saturated heterocycles. The standard InChI is InChI=1S/C10H17NO2/c1-2-9-3-6-11(7-4-9)8-5-10(12)13/h5,8-9H,2-4,6-7H2,1H3,(H,12,13). The molecule has 0 amide bonds. The van der Waals surface area contributed by atoms with E-state index in [2.05, 4.69) is 11.8 Å². The lowest BCUT2D eigenvalue weighted by molar-refractivity contribution is -0.131. The summed E-state index contributed by atoms with van der Waals surface area (Å²) in [5, 5.41) is 8.43. The highest BCUT2D eigenvalue weighted by atomic mass is 16.4. The van der Waals surface area contributed by atoms with Crippen molar-refractivity contribution in [1.82, 2.24) is 4.90 Å². The van der Waals surface area contributed by atoms with Crippen LogP contribution in [0.2, 0.25) is 0 Å². The van der Waals surface area contributed by atoms with Gasteiger partial charge >= 0.3 is 5.97 Å². The van der Waals surface area contributed by atoms with Gasteiger partial charge in [-0.05, 0) is 18.8 Å². The number of piperidine rings is 1. The van der Waals surface area contributed by atoms with E-state index in [1.807, 2.05) is 0 Å². The molecule has 0 saturated carbocycles. The van der Waals surface area contributed by atoms with E-state index in [1.165, 1.54) is 25.3 Å². The van der Waals surface area contributed by atoms with Crippen molar-refractivity contribution in [2.24, 2.45) is 5.92 Å². The molecule has 1 aliphatic rings. The van der Waals surface area contributed by atoms with E-state index in [0.717, 1.165) is 19.0 Å². The van der Waals surface area contributed by atoms with Gasteiger partial charge in [0.25, 0.3) is 0 Å². The van der Waals surface area contributed by atoms with Crippen molar-refractivity contribution in [2.75, 3.05) is 13.1 Å². The van der Waals surface area contributed by atoms with Gasteiger partial charge in [-0.1, -0.05) is 13.3 Å². The lowest BCUT2D eigenvalue weighted by Gasteiger charge is -2.30. The second-order valence-electron chi connectivity index (χ2n) is 3.54. The summed E-state index contributed by atoms with van der Waals surface area (Å²) >= 11 is 0. The Labute approximate surface area is 79.0 Å². The highest BCUT2D eigenvalue weighted by molar-refractivity contribution is 5.79. The lowest BCUT2D eigenvalue weighted by Crippen LogP contribution is -2.29. The zero-order valence-electron chi connectivity index (χ0n) is 8.07. The molecular weight excluding hydrogens is 166 g/mol. The molecule has 0 aromatic carbocycles. The van der Waals surface area contributed by atoms with Crippen molar-refractivity contribution in [3.05, 3.63) is 12.3 Å². The van der Waals surface area contributed by atoms with Gasteiger partial charge in [0.05, 0.1) is 0 Å². The van der Waals surface area contributed by atoms with E-state index >= 15 is 0 Å². The molecule has 3 heteroatoms. The number of carboxylic acid groups (broad SMARTS) is 1. The zero-order valence-corrected chi connectivity index (χ0v) is 8.07. The van der Waals surface area contributed by atoms with Crippen LogP contribution < -0.4 is 0 Å². The first kappa shape index (κ1) is 10.1. The molecule has 0 aromatic rings.